The van der Waals surface area contributed by atoms with Gasteiger partial charge in [-0.2, -0.15) is 0 Å². The van der Waals surface area contributed by atoms with Crippen LogP contribution in [0.3, 0.4) is 0 Å². The summed E-state index contributed by atoms with van der Waals surface area (Å²) in [5, 5.41) is 8.57. The molecule has 0 aromatic carbocycles. The summed E-state index contributed by atoms with van der Waals surface area (Å²) in [7, 11) is 0. The number of ether oxygens (including phenoxy) is 1. The van der Waals surface area contributed by atoms with Crippen LogP contribution < -0.4 is 0 Å². The van der Waals surface area contributed by atoms with Crippen molar-refractivity contribution in [2.24, 2.45) is 5.92 Å². The van der Waals surface area contributed by atoms with Crippen LogP contribution in [0.15, 0.2) is 0 Å². The van der Waals surface area contributed by atoms with Crippen molar-refractivity contribution < 1.29 is 24.2 Å². The number of amides is 2. The second-order valence-electron chi connectivity index (χ2n) is 4.04. The van der Waals surface area contributed by atoms with E-state index in [0.29, 0.717) is 26.1 Å². The van der Waals surface area contributed by atoms with Crippen molar-refractivity contribution >= 4 is 17.8 Å². The van der Waals surface area contributed by atoms with E-state index in [1.54, 1.807) is 0 Å². The highest BCUT2D eigenvalue weighted by molar-refractivity contribution is 5.95. The van der Waals surface area contributed by atoms with Gasteiger partial charge in [0.25, 0.3) is 0 Å². The van der Waals surface area contributed by atoms with Gasteiger partial charge >= 0.3 is 5.97 Å². The molecule has 0 atom stereocenters. The lowest BCUT2D eigenvalue weighted by molar-refractivity contribution is -0.149. The van der Waals surface area contributed by atoms with E-state index in [1.807, 2.05) is 0 Å². The molecule has 0 spiro atoms. The molecule has 1 saturated heterocycles. The number of carboxylic acid groups (broad SMARTS) is 1. The quantitative estimate of drug-likeness (QED) is 0.765. The lowest BCUT2D eigenvalue weighted by atomic mass is 9.98. The monoisotopic (exact) mass is 243 g/mol. The van der Waals surface area contributed by atoms with E-state index < -0.39 is 11.9 Å². The molecular formula is C11H17NO5. The largest absolute Gasteiger partial charge is 0.481 e. The van der Waals surface area contributed by atoms with Gasteiger partial charge < -0.3 is 9.84 Å². The normalized spacial score (nSPS) is 16.5. The van der Waals surface area contributed by atoms with Crippen LogP contribution >= 0.6 is 0 Å². The predicted octanol–water partition coefficient (Wildman–Crippen LogP) is 0.263. The van der Waals surface area contributed by atoms with Crippen LogP contribution in [-0.2, 0) is 19.1 Å². The number of hydrogen-bond acceptors (Lipinski definition) is 4. The van der Waals surface area contributed by atoms with E-state index in [-0.39, 0.29) is 24.8 Å². The Morgan fingerprint density at radius 2 is 1.88 bits per heavy atom. The summed E-state index contributed by atoms with van der Waals surface area (Å²) in [6.45, 7) is 2.25. The highest BCUT2D eigenvalue weighted by Gasteiger charge is 2.28. The summed E-state index contributed by atoms with van der Waals surface area (Å²) in [5.74, 6) is -1.91. The molecule has 1 N–H and O–H groups in total. The third-order valence-corrected chi connectivity index (χ3v) is 2.77. The molecule has 17 heavy (non-hydrogen) atoms. The Kier molecular flexibility index (Phi) is 5.09. The highest BCUT2D eigenvalue weighted by Crippen LogP contribution is 2.17. The van der Waals surface area contributed by atoms with Crippen molar-refractivity contribution in [3.05, 3.63) is 0 Å². The van der Waals surface area contributed by atoms with Crippen molar-refractivity contribution in [2.75, 3.05) is 19.8 Å². The smallest absolute Gasteiger partial charge is 0.305 e. The SMILES string of the molecule is CC(=O)N(CCC(=O)O)C(=O)C1CCOCC1. The molecule has 1 fully saturated rings. The molecule has 0 aromatic heterocycles. The molecule has 0 unspecified atom stereocenters. The van der Waals surface area contributed by atoms with Crippen molar-refractivity contribution in [1.29, 1.82) is 0 Å². The van der Waals surface area contributed by atoms with Crippen LogP contribution in [0.25, 0.3) is 0 Å². The minimum absolute atomic E-state index is 0.0547. The van der Waals surface area contributed by atoms with Crippen LogP contribution in [0.5, 0.6) is 0 Å². The molecule has 1 aliphatic heterocycles. The van der Waals surface area contributed by atoms with E-state index in [1.165, 1.54) is 6.92 Å². The van der Waals surface area contributed by atoms with Gasteiger partial charge in [0.2, 0.25) is 11.8 Å². The van der Waals surface area contributed by atoms with E-state index in [4.69, 9.17) is 9.84 Å². The molecule has 6 nitrogen and oxygen atoms in total. The van der Waals surface area contributed by atoms with E-state index >= 15 is 0 Å². The molecular weight excluding hydrogens is 226 g/mol. The maximum atomic E-state index is 12.0. The molecule has 0 saturated carbocycles. The van der Waals surface area contributed by atoms with Gasteiger partial charge in [-0.3, -0.25) is 19.3 Å². The first-order valence-corrected chi connectivity index (χ1v) is 5.64. The molecule has 96 valence electrons. The molecule has 6 heteroatoms. The van der Waals surface area contributed by atoms with Gasteiger partial charge in [-0.05, 0) is 12.8 Å². The summed E-state index contributed by atoms with van der Waals surface area (Å²) >= 11 is 0. The second-order valence-corrected chi connectivity index (χ2v) is 4.04. The lowest BCUT2D eigenvalue weighted by Crippen LogP contribution is -2.42. The highest BCUT2D eigenvalue weighted by atomic mass is 16.5. The Morgan fingerprint density at radius 1 is 1.29 bits per heavy atom. The topological polar surface area (TPSA) is 83.9 Å². The third kappa shape index (κ3) is 4.14. The zero-order valence-electron chi connectivity index (χ0n) is 9.85. The molecule has 0 aliphatic carbocycles. The first-order valence-electron chi connectivity index (χ1n) is 5.64. The zero-order valence-corrected chi connectivity index (χ0v) is 9.85. The fraction of sp³-hybridized carbons (Fsp3) is 0.727. The number of hydrogen-bond donors (Lipinski definition) is 1. The van der Waals surface area contributed by atoms with Crippen molar-refractivity contribution in [3.63, 3.8) is 0 Å². The van der Waals surface area contributed by atoms with Crippen molar-refractivity contribution in [1.82, 2.24) is 4.90 Å². The summed E-state index contributed by atoms with van der Waals surface area (Å²) < 4.78 is 5.14. The maximum absolute atomic E-state index is 12.0. The van der Waals surface area contributed by atoms with Crippen LogP contribution in [0.2, 0.25) is 0 Å². The number of carboxylic acids is 1. The molecule has 1 aliphatic rings. The molecule has 0 radical (unpaired) electrons. The number of carbonyl (C=O) groups is 3. The Bertz CT molecular complexity index is 309. The Hall–Kier alpha value is -1.43. The van der Waals surface area contributed by atoms with Crippen LogP contribution in [0.1, 0.15) is 26.2 Å². The number of aliphatic carboxylic acids is 1. The van der Waals surface area contributed by atoms with Crippen LogP contribution in [-0.4, -0.2) is 47.5 Å². The van der Waals surface area contributed by atoms with Gasteiger partial charge in [-0.1, -0.05) is 0 Å². The van der Waals surface area contributed by atoms with Gasteiger partial charge in [-0.25, -0.2) is 0 Å². The van der Waals surface area contributed by atoms with Gasteiger partial charge in [0.05, 0.1) is 6.42 Å². The van der Waals surface area contributed by atoms with Crippen molar-refractivity contribution in [2.45, 2.75) is 26.2 Å². The van der Waals surface area contributed by atoms with E-state index in [2.05, 4.69) is 0 Å². The van der Waals surface area contributed by atoms with Gasteiger partial charge in [0, 0.05) is 32.6 Å². The number of rotatable bonds is 4. The zero-order chi connectivity index (χ0) is 12.8. The van der Waals surface area contributed by atoms with Crippen molar-refractivity contribution in [3.8, 4) is 0 Å². The molecule has 1 heterocycles. The average Bonchev–Trinajstić information content (AvgIpc) is 2.29. The summed E-state index contributed by atoms with van der Waals surface area (Å²) in [5.41, 5.74) is 0. The standard InChI is InChI=1S/C11H17NO5/c1-8(13)12(5-2-10(14)15)11(16)9-3-6-17-7-4-9/h9H,2-7H2,1H3,(H,14,15). The summed E-state index contributed by atoms with van der Waals surface area (Å²) in [4.78, 5) is 34.8. The average molecular weight is 243 g/mol. The fourth-order valence-electron chi connectivity index (χ4n) is 1.80. The predicted molar refractivity (Wildman–Crippen MR) is 58.2 cm³/mol. The maximum Gasteiger partial charge on any atom is 0.305 e. The number of imide groups is 1. The Labute approximate surface area is 99.5 Å². The minimum atomic E-state index is -1.02. The summed E-state index contributed by atoms with van der Waals surface area (Å²) in [6.07, 6.45) is 0.972. The van der Waals surface area contributed by atoms with Gasteiger partial charge in [-0.15, -0.1) is 0 Å². The van der Waals surface area contributed by atoms with Crippen LogP contribution in [0.4, 0.5) is 0 Å². The summed E-state index contributed by atoms with van der Waals surface area (Å²) in [6, 6.07) is 0. The molecule has 1 rings (SSSR count). The van der Waals surface area contributed by atoms with E-state index in [9.17, 15) is 14.4 Å². The number of nitrogens with zero attached hydrogens (tertiary/aromatic N) is 1. The first kappa shape index (κ1) is 13.6. The Balaban J connectivity index is 2.58. The van der Waals surface area contributed by atoms with Gasteiger partial charge in [0.15, 0.2) is 0 Å². The molecule has 0 bridgehead atoms. The second kappa shape index (κ2) is 6.34. The molecule has 2 amide bonds. The first-order chi connectivity index (χ1) is 8.02. The lowest BCUT2D eigenvalue weighted by Gasteiger charge is -2.26. The van der Waals surface area contributed by atoms with Crippen LogP contribution in [0, 0.1) is 5.92 Å². The fourth-order valence-corrected chi connectivity index (χ4v) is 1.80. The van der Waals surface area contributed by atoms with Gasteiger partial charge in [0.1, 0.15) is 0 Å². The number of carbonyl (C=O) groups excluding carboxylic acids is 2. The van der Waals surface area contributed by atoms with E-state index in [0.717, 1.165) is 4.90 Å². The molecule has 0 aromatic rings. The Morgan fingerprint density at radius 3 is 2.35 bits per heavy atom. The third-order valence-electron chi connectivity index (χ3n) is 2.77. The minimum Gasteiger partial charge on any atom is -0.481 e.